The SMILES string of the molecule is C[C@]12CN(CCCCCC(=O)OCc3ccccc3)C[C@](C)(O1)c1c2c(O)n(-c2ccc(C#N)c(C(F)(F)F)c2)c1O. The molecule has 3 aromatic rings. The summed E-state index contributed by atoms with van der Waals surface area (Å²) in [7, 11) is 0. The lowest BCUT2D eigenvalue weighted by molar-refractivity contribution is -0.186. The van der Waals surface area contributed by atoms with Crippen molar-refractivity contribution < 1.29 is 37.7 Å². The first kappa shape index (κ1) is 29.5. The number of carbonyl (C=O) groups is 1. The summed E-state index contributed by atoms with van der Waals surface area (Å²) in [4.78, 5) is 14.3. The smallest absolute Gasteiger partial charge is 0.417 e. The van der Waals surface area contributed by atoms with Crippen molar-refractivity contribution >= 4 is 5.97 Å². The Morgan fingerprint density at radius 2 is 1.67 bits per heavy atom. The lowest BCUT2D eigenvalue weighted by Crippen LogP contribution is -2.51. The zero-order valence-electron chi connectivity index (χ0n) is 23.4. The number of rotatable bonds is 9. The van der Waals surface area contributed by atoms with Gasteiger partial charge in [-0.15, -0.1) is 0 Å². The number of hydrogen-bond donors (Lipinski definition) is 2. The number of halogens is 3. The van der Waals surface area contributed by atoms with Crippen LogP contribution in [0.4, 0.5) is 13.2 Å². The van der Waals surface area contributed by atoms with E-state index in [1.807, 2.05) is 30.3 Å². The fourth-order valence-corrected chi connectivity index (χ4v) is 6.28. The van der Waals surface area contributed by atoms with Crippen LogP contribution in [0.15, 0.2) is 48.5 Å². The van der Waals surface area contributed by atoms with Gasteiger partial charge in [0.25, 0.3) is 0 Å². The Morgan fingerprint density at radius 1 is 1.02 bits per heavy atom. The molecular weight excluding hydrogens is 551 g/mol. The Hall–Kier alpha value is -4.01. The molecule has 0 saturated carbocycles. The molecule has 0 radical (unpaired) electrons. The van der Waals surface area contributed by atoms with Gasteiger partial charge in [-0.05, 0) is 57.0 Å². The summed E-state index contributed by atoms with van der Waals surface area (Å²) < 4.78 is 53.5. The van der Waals surface area contributed by atoms with E-state index >= 15 is 0 Å². The number of aromatic hydroxyl groups is 2. The van der Waals surface area contributed by atoms with E-state index in [2.05, 4.69) is 4.90 Å². The first-order chi connectivity index (χ1) is 19.9. The maximum absolute atomic E-state index is 13.6. The highest BCUT2D eigenvalue weighted by Gasteiger charge is 2.58. The molecule has 42 heavy (non-hydrogen) atoms. The number of nitriles is 1. The monoisotopic (exact) mass is 583 g/mol. The van der Waals surface area contributed by atoms with Crippen LogP contribution < -0.4 is 0 Å². The molecule has 8 nitrogen and oxygen atoms in total. The number of esters is 1. The van der Waals surface area contributed by atoms with E-state index in [9.17, 15) is 28.2 Å². The molecule has 1 saturated heterocycles. The number of aromatic nitrogens is 1. The average molecular weight is 584 g/mol. The molecular formula is C31H32F3N3O5. The van der Waals surface area contributed by atoms with Crippen molar-refractivity contribution in [2.75, 3.05) is 19.6 Å². The second kappa shape index (κ2) is 11.0. The Bertz CT molecular complexity index is 1490. The van der Waals surface area contributed by atoms with Crippen LogP contribution in [0.1, 0.15) is 67.3 Å². The highest BCUT2D eigenvalue weighted by molar-refractivity contribution is 5.69. The molecule has 1 fully saturated rings. The molecule has 2 bridgehead atoms. The molecule has 5 rings (SSSR count). The van der Waals surface area contributed by atoms with Crippen LogP contribution in [-0.4, -0.2) is 45.3 Å². The first-order valence-electron chi connectivity index (χ1n) is 13.8. The molecule has 2 aliphatic rings. The standard InChI is InChI=1S/C31H32F3N3O5/c1-29-18-36(14-8-4-7-11-24(38)41-17-20-9-5-3-6-10-20)19-30(2,42-29)26-25(29)27(39)37(28(26)40)22-13-12-21(16-35)23(15-22)31(32,33)34/h3,5-6,9-10,12-13,15,39-40H,4,7-8,11,14,17-19H2,1-2H3/t29-,30+. The molecule has 0 unspecified atom stereocenters. The number of benzene rings is 2. The van der Waals surface area contributed by atoms with Crippen LogP contribution in [0.5, 0.6) is 11.8 Å². The van der Waals surface area contributed by atoms with Crippen molar-refractivity contribution in [1.82, 2.24) is 9.47 Å². The van der Waals surface area contributed by atoms with Gasteiger partial charge in [0.2, 0.25) is 11.8 Å². The normalized spacial score (nSPS) is 21.6. The minimum absolute atomic E-state index is 0.116. The second-order valence-electron chi connectivity index (χ2n) is 11.3. The van der Waals surface area contributed by atoms with Gasteiger partial charge < -0.3 is 19.7 Å². The van der Waals surface area contributed by atoms with Crippen LogP contribution in [0.2, 0.25) is 0 Å². The van der Waals surface area contributed by atoms with Crippen LogP contribution in [0, 0.1) is 11.3 Å². The molecule has 2 N–H and O–H groups in total. The molecule has 1 aromatic heterocycles. The zero-order chi connectivity index (χ0) is 30.3. The lowest BCUT2D eigenvalue weighted by atomic mass is 9.94. The summed E-state index contributed by atoms with van der Waals surface area (Å²) in [5, 5.41) is 31.6. The van der Waals surface area contributed by atoms with Crippen molar-refractivity contribution in [3.05, 3.63) is 76.3 Å². The molecule has 2 atom stereocenters. The molecule has 222 valence electrons. The number of carbonyl (C=O) groups excluding carboxylic acids is 1. The fourth-order valence-electron chi connectivity index (χ4n) is 6.28. The molecule has 0 amide bonds. The van der Waals surface area contributed by atoms with Gasteiger partial charge in [0, 0.05) is 19.5 Å². The molecule has 0 spiro atoms. The number of morpholine rings is 1. The third kappa shape index (κ3) is 5.44. The molecule has 11 heteroatoms. The molecule has 0 aliphatic carbocycles. The largest absolute Gasteiger partial charge is 0.494 e. The van der Waals surface area contributed by atoms with Gasteiger partial charge in [-0.1, -0.05) is 36.8 Å². The van der Waals surface area contributed by atoms with E-state index in [1.54, 1.807) is 13.8 Å². The Kier molecular flexibility index (Phi) is 7.72. The minimum atomic E-state index is -4.79. The Labute approximate surface area is 241 Å². The Morgan fingerprint density at radius 3 is 2.26 bits per heavy atom. The second-order valence-corrected chi connectivity index (χ2v) is 11.3. The number of nitrogens with zero attached hydrogens (tertiary/aromatic N) is 3. The van der Waals surface area contributed by atoms with Crippen LogP contribution in [0.25, 0.3) is 5.69 Å². The van der Waals surface area contributed by atoms with Gasteiger partial charge >= 0.3 is 12.1 Å². The number of unbranched alkanes of at least 4 members (excludes halogenated alkanes) is 2. The summed E-state index contributed by atoms with van der Waals surface area (Å²) in [6.45, 7) is 5.32. The molecule has 3 heterocycles. The number of alkyl halides is 3. The van der Waals surface area contributed by atoms with Gasteiger partial charge in [0.05, 0.1) is 34.0 Å². The maximum Gasteiger partial charge on any atom is 0.417 e. The summed E-state index contributed by atoms with van der Waals surface area (Å²) in [5.41, 5.74) is -2.24. The van der Waals surface area contributed by atoms with E-state index in [-0.39, 0.29) is 18.3 Å². The van der Waals surface area contributed by atoms with Crippen molar-refractivity contribution in [2.45, 2.75) is 63.5 Å². The third-order valence-corrected chi connectivity index (χ3v) is 7.96. The van der Waals surface area contributed by atoms with Crippen molar-refractivity contribution in [3.8, 4) is 23.5 Å². The van der Waals surface area contributed by atoms with Crippen LogP contribution in [-0.2, 0) is 38.3 Å². The van der Waals surface area contributed by atoms with Crippen LogP contribution >= 0.6 is 0 Å². The van der Waals surface area contributed by atoms with E-state index in [4.69, 9.17) is 14.7 Å². The predicted octanol–water partition coefficient (Wildman–Crippen LogP) is 5.86. The van der Waals surface area contributed by atoms with Gasteiger partial charge in [-0.25, -0.2) is 0 Å². The van der Waals surface area contributed by atoms with Gasteiger partial charge in [-0.3, -0.25) is 14.3 Å². The van der Waals surface area contributed by atoms with E-state index in [0.717, 1.165) is 35.1 Å². The summed E-state index contributed by atoms with van der Waals surface area (Å²) in [6, 6.07) is 14.1. The van der Waals surface area contributed by atoms with Crippen molar-refractivity contribution in [1.29, 1.82) is 5.26 Å². The molecule has 2 aromatic carbocycles. The zero-order valence-corrected chi connectivity index (χ0v) is 23.4. The highest BCUT2D eigenvalue weighted by atomic mass is 19.4. The summed E-state index contributed by atoms with van der Waals surface area (Å²) >= 11 is 0. The fraction of sp³-hybridized carbons (Fsp3) is 0.419. The quantitative estimate of drug-likeness (QED) is 0.240. The Balaban J connectivity index is 1.24. The van der Waals surface area contributed by atoms with Gasteiger partial charge in [0.1, 0.15) is 17.8 Å². The number of fused-ring (bicyclic) bond motifs is 5. The van der Waals surface area contributed by atoms with Crippen molar-refractivity contribution in [2.24, 2.45) is 0 Å². The highest BCUT2D eigenvalue weighted by Crippen LogP contribution is 2.59. The summed E-state index contributed by atoms with van der Waals surface area (Å²) in [5.74, 6) is -1.04. The summed E-state index contributed by atoms with van der Waals surface area (Å²) in [6.07, 6.45) is -2.16. The number of hydrogen-bond acceptors (Lipinski definition) is 7. The topological polar surface area (TPSA) is 108 Å². The number of ether oxygens (including phenoxy) is 2. The van der Waals surface area contributed by atoms with E-state index in [0.29, 0.717) is 43.6 Å². The maximum atomic E-state index is 13.6. The lowest BCUT2D eigenvalue weighted by Gasteiger charge is -2.44. The predicted molar refractivity (Wildman–Crippen MR) is 146 cm³/mol. The minimum Gasteiger partial charge on any atom is -0.494 e. The van der Waals surface area contributed by atoms with Gasteiger partial charge in [-0.2, -0.15) is 18.4 Å². The third-order valence-electron chi connectivity index (χ3n) is 7.96. The van der Waals surface area contributed by atoms with E-state index in [1.165, 1.54) is 12.1 Å². The molecule has 2 aliphatic heterocycles. The average Bonchev–Trinajstić information content (AvgIpc) is 3.31. The van der Waals surface area contributed by atoms with Crippen molar-refractivity contribution in [3.63, 3.8) is 0 Å². The first-order valence-corrected chi connectivity index (χ1v) is 13.8. The van der Waals surface area contributed by atoms with E-state index < -0.39 is 40.3 Å². The van der Waals surface area contributed by atoms with Crippen LogP contribution in [0.3, 0.4) is 0 Å². The van der Waals surface area contributed by atoms with Gasteiger partial charge in [0.15, 0.2) is 0 Å².